The molecular weight excluding hydrogens is 421 g/mol. The molecule has 5 rings (SSSR count). The Kier molecular flexibility index (Phi) is 5.10. The predicted octanol–water partition coefficient (Wildman–Crippen LogP) is 4.17. The molecule has 1 aromatic carbocycles. The van der Waals surface area contributed by atoms with E-state index in [1.165, 1.54) is 0 Å². The molecule has 2 aromatic heterocycles. The normalized spacial score (nSPS) is 29.1. The van der Waals surface area contributed by atoms with Crippen LogP contribution in [0.15, 0.2) is 30.7 Å². The van der Waals surface area contributed by atoms with Crippen molar-refractivity contribution in [2.45, 2.75) is 58.2 Å². The molecule has 0 amide bonds. The zero-order chi connectivity index (χ0) is 23.4. The van der Waals surface area contributed by atoms with Gasteiger partial charge in [0, 0.05) is 25.1 Å². The third-order valence-corrected chi connectivity index (χ3v) is 7.57. The van der Waals surface area contributed by atoms with E-state index in [-0.39, 0.29) is 22.6 Å². The van der Waals surface area contributed by atoms with Gasteiger partial charge in [-0.05, 0) is 43.2 Å². The standard InChI is InChI=1S/C24H30FN7O/c1-23-8-5-9-24(2,13-23)20(25)17(11-23)32(4)19-12-26-22(29-28-19)16-7-6-15(10-18(16)33)21-27-14-31(3)30-21/h6-7,10,12,14,17,20,33H,5,8-9,11,13H2,1-4H3/t17-,20-,23-,24-/m0/s1. The van der Waals surface area contributed by atoms with Gasteiger partial charge in [0.25, 0.3) is 0 Å². The van der Waals surface area contributed by atoms with E-state index < -0.39 is 6.17 Å². The lowest BCUT2D eigenvalue weighted by Gasteiger charge is -2.55. The maximum Gasteiger partial charge on any atom is 0.185 e. The summed E-state index contributed by atoms with van der Waals surface area (Å²) in [6.45, 7) is 4.38. The minimum Gasteiger partial charge on any atom is -0.507 e. The Morgan fingerprint density at radius 2 is 1.97 bits per heavy atom. The Balaban J connectivity index is 1.37. The van der Waals surface area contributed by atoms with Crippen LogP contribution >= 0.6 is 0 Å². The van der Waals surface area contributed by atoms with Gasteiger partial charge in [-0.3, -0.25) is 4.68 Å². The first-order valence-corrected chi connectivity index (χ1v) is 11.4. The number of benzene rings is 1. The summed E-state index contributed by atoms with van der Waals surface area (Å²) < 4.78 is 17.2. The van der Waals surface area contributed by atoms with E-state index in [9.17, 15) is 5.11 Å². The molecule has 1 N–H and O–H groups in total. The van der Waals surface area contributed by atoms with Gasteiger partial charge in [0.15, 0.2) is 17.5 Å². The van der Waals surface area contributed by atoms with Crippen LogP contribution in [0.25, 0.3) is 22.8 Å². The fourth-order valence-electron chi connectivity index (χ4n) is 5.94. The molecule has 3 aromatic rings. The quantitative estimate of drug-likeness (QED) is 0.636. The predicted molar refractivity (Wildman–Crippen MR) is 123 cm³/mol. The maximum atomic E-state index is 15.6. The number of hydrogen-bond acceptors (Lipinski definition) is 7. The fourth-order valence-corrected chi connectivity index (χ4v) is 5.94. The van der Waals surface area contributed by atoms with E-state index in [2.05, 4.69) is 39.1 Å². The zero-order valence-electron chi connectivity index (χ0n) is 19.5. The average molecular weight is 452 g/mol. The lowest BCUT2D eigenvalue weighted by molar-refractivity contribution is -0.0540. The van der Waals surface area contributed by atoms with Gasteiger partial charge in [-0.15, -0.1) is 10.2 Å². The number of aryl methyl sites for hydroxylation is 1. The number of phenolic OH excluding ortho intramolecular Hbond substituents is 1. The third kappa shape index (κ3) is 3.83. The molecule has 0 radical (unpaired) electrons. The monoisotopic (exact) mass is 451 g/mol. The first-order chi connectivity index (χ1) is 15.7. The number of phenols is 1. The van der Waals surface area contributed by atoms with E-state index in [4.69, 9.17) is 0 Å². The minimum absolute atomic E-state index is 0.0210. The molecule has 174 valence electrons. The van der Waals surface area contributed by atoms with E-state index in [1.54, 1.807) is 36.4 Å². The lowest BCUT2D eigenvalue weighted by Crippen LogP contribution is -2.57. The van der Waals surface area contributed by atoms with Crippen molar-refractivity contribution in [3.05, 3.63) is 30.7 Å². The Morgan fingerprint density at radius 1 is 1.15 bits per heavy atom. The van der Waals surface area contributed by atoms with Crippen molar-refractivity contribution in [3.8, 4) is 28.5 Å². The maximum absolute atomic E-state index is 15.6. The number of alkyl halides is 1. The van der Waals surface area contributed by atoms with Crippen LogP contribution in [0.1, 0.15) is 46.0 Å². The van der Waals surface area contributed by atoms with Crippen LogP contribution in [-0.2, 0) is 7.05 Å². The van der Waals surface area contributed by atoms with Gasteiger partial charge in [0.2, 0.25) is 0 Å². The van der Waals surface area contributed by atoms with Gasteiger partial charge in [-0.1, -0.05) is 26.3 Å². The number of fused-ring (bicyclic) bond motifs is 2. The van der Waals surface area contributed by atoms with E-state index >= 15 is 4.39 Å². The first kappa shape index (κ1) is 21.7. The van der Waals surface area contributed by atoms with Gasteiger partial charge < -0.3 is 10.0 Å². The molecule has 4 atom stereocenters. The minimum atomic E-state index is -0.922. The molecule has 0 spiro atoms. The molecule has 9 heteroatoms. The molecule has 2 saturated carbocycles. The molecule has 2 bridgehead atoms. The van der Waals surface area contributed by atoms with Crippen molar-refractivity contribution in [1.82, 2.24) is 29.9 Å². The number of halogens is 1. The number of nitrogens with zero attached hydrogens (tertiary/aromatic N) is 7. The second-order valence-corrected chi connectivity index (χ2v) is 10.4. The van der Waals surface area contributed by atoms with Crippen LogP contribution in [0.3, 0.4) is 0 Å². The second-order valence-electron chi connectivity index (χ2n) is 10.4. The summed E-state index contributed by atoms with van der Waals surface area (Å²) in [7, 11) is 3.66. The van der Waals surface area contributed by atoms with Crippen molar-refractivity contribution in [1.29, 1.82) is 0 Å². The van der Waals surface area contributed by atoms with Crippen molar-refractivity contribution < 1.29 is 9.50 Å². The molecule has 0 aliphatic heterocycles. The summed E-state index contributed by atoms with van der Waals surface area (Å²) >= 11 is 0. The van der Waals surface area contributed by atoms with Gasteiger partial charge in [-0.2, -0.15) is 5.10 Å². The summed E-state index contributed by atoms with van der Waals surface area (Å²) in [5, 5.41) is 23.4. The highest BCUT2D eigenvalue weighted by Crippen LogP contribution is 2.57. The van der Waals surface area contributed by atoms with Gasteiger partial charge in [0.1, 0.15) is 18.2 Å². The molecule has 2 heterocycles. The molecule has 33 heavy (non-hydrogen) atoms. The second kappa shape index (κ2) is 7.74. The lowest BCUT2D eigenvalue weighted by atomic mass is 9.54. The summed E-state index contributed by atoms with van der Waals surface area (Å²) in [6, 6.07) is 4.87. The summed E-state index contributed by atoms with van der Waals surface area (Å²) in [6.07, 6.45) is 7.20. The third-order valence-electron chi connectivity index (χ3n) is 7.57. The van der Waals surface area contributed by atoms with Gasteiger partial charge in [-0.25, -0.2) is 14.4 Å². The highest BCUT2D eigenvalue weighted by Gasteiger charge is 2.54. The number of anilines is 1. The highest BCUT2D eigenvalue weighted by molar-refractivity contribution is 5.70. The van der Waals surface area contributed by atoms with E-state index in [1.807, 2.05) is 18.0 Å². The number of rotatable bonds is 4. The number of aromatic hydroxyl groups is 1. The smallest absolute Gasteiger partial charge is 0.185 e. The highest BCUT2D eigenvalue weighted by atomic mass is 19.1. The van der Waals surface area contributed by atoms with Crippen molar-refractivity contribution in [2.75, 3.05) is 11.9 Å². The molecular formula is C24H30FN7O. The molecule has 2 fully saturated rings. The summed E-state index contributed by atoms with van der Waals surface area (Å²) in [5.74, 6) is 1.39. The van der Waals surface area contributed by atoms with Gasteiger partial charge >= 0.3 is 0 Å². The summed E-state index contributed by atoms with van der Waals surface area (Å²) in [5.41, 5.74) is 1.03. The zero-order valence-corrected chi connectivity index (χ0v) is 19.5. The fraction of sp³-hybridized carbons (Fsp3) is 0.542. The van der Waals surface area contributed by atoms with Crippen molar-refractivity contribution in [3.63, 3.8) is 0 Å². The molecule has 0 saturated heterocycles. The Labute approximate surface area is 192 Å². The van der Waals surface area contributed by atoms with Crippen molar-refractivity contribution >= 4 is 5.82 Å². The Bertz CT molecular complexity index is 1170. The van der Waals surface area contributed by atoms with Crippen LogP contribution in [0.4, 0.5) is 10.2 Å². The van der Waals surface area contributed by atoms with Crippen LogP contribution < -0.4 is 4.90 Å². The topological polar surface area (TPSA) is 92.9 Å². The van der Waals surface area contributed by atoms with Crippen LogP contribution in [-0.4, -0.2) is 54.3 Å². The van der Waals surface area contributed by atoms with Crippen LogP contribution in [0.5, 0.6) is 5.75 Å². The largest absolute Gasteiger partial charge is 0.507 e. The molecule has 0 unspecified atom stereocenters. The van der Waals surface area contributed by atoms with Crippen LogP contribution in [0.2, 0.25) is 0 Å². The Hall–Kier alpha value is -3.10. The van der Waals surface area contributed by atoms with E-state index in [0.29, 0.717) is 28.6 Å². The molecule has 2 aliphatic rings. The average Bonchev–Trinajstić information content (AvgIpc) is 3.22. The van der Waals surface area contributed by atoms with Crippen molar-refractivity contribution in [2.24, 2.45) is 17.9 Å². The van der Waals surface area contributed by atoms with Gasteiger partial charge in [0.05, 0.1) is 17.8 Å². The first-order valence-electron chi connectivity index (χ1n) is 11.4. The summed E-state index contributed by atoms with van der Waals surface area (Å²) in [4.78, 5) is 10.5. The number of hydrogen-bond donors (Lipinski definition) is 1. The van der Waals surface area contributed by atoms with E-state index in [0.717, 1.165) is 32.1 Å². The SMILES string of the molecule is CN(c1cnc(-c2ccc(-c3ncn(C)n3)cc2O)nn1)[C@H]1C[C@]2(C)CCC[C@@](C)(C2)[C@H]1F. The van der Waals surface area contributed by atoms with Crippen LogP contribution in [0, 0.1) is 10.8 Å². The molecule has 2 aliphatic carbocycles. The Morgan fingerprint density at radius 3 is 2.64 bits per heavy atom. The molecule has 8 nitrogen and oxygen atoms in total. The number of aromatic nitrogens is 6.